The molecule has 0 aliphatic carbocycles. The van der Waals surface area contributed by atoms with Gasteiger partial charge in [-0.15, -0.1) is 0 Å². The largest absolute Gasteiger partial charge is 0.416 e. The van der Waals surface area contributed by atoms with Gasteiger partial charge in [-0.05, 0) is 55.3 Å². The Morgan fingerprint density at radius 2 is 1.42 bits per heavy atom. The summed E-state index contributed by atoms with van der Waals surface area (Å²) in [6.45, 7) is 1.44. The maximum Gasteiger partial charge on any atom is 0.416 e. The molecule has 1 fully saturated rings. The fourth-order valence-electron chi connectivity index (χ4n) is 3.38. The summed E-state index contributed by atoms with van der Waals surface area (Å²) in [5.74, 6) is -0.935. The summed E-state index contributed by atoms with van der Waals surface area (Å²) in [7, 11) is 0. The minimum absolute atomic E-state index is 0.0670. The van der Waals surface area contributed by atoms with Gasteiger partial charge in [0.25, 0.3) is 0 Å². The van der Waals surface area contributed by atoms with E-state index >= 15 is 0 Å². The number of carbonyl (C=O) groups is 2. The van der Waals surface area contributed by atoms with Crippen molar-refractivity contribution in [2.45, 2.75) is 44.2 Å². The van der Waals surface area contributed by atoms with Gasteiger partial charge >= 0.3 is 12.4 Å². The number of hydrogen-bond acceptors (Lipinski definition) is 2. The number of amides is 2. The van der Waals surface area contributed by atoms with Crippen LogP contribution in [0.4, 0.5) is 32.0 Å². The zero-order valence-electron chi connectivity index (χ0n) is 16.3. The Balaban J connectivity index is 1.76. The molecule has 3 rings (SSSR count). The van der Waals surface area contributed by atoms with E-state index in [-0.39, 0.29) is 31.0 Å². The molecule has 4 nitrogen and oxygen atoms in total. The average Bonchev–Trinajstić information content (AvgIpc) is 2.97. The molecule has 1 atom stereocenters. The number of nitrogens with zero attached hydrogens (tertiary/aromatic N) is 1. The second-order valence-corrected chi connectivity index (χ2v) is 7.48. The van der Waals surface area contributed by atoms with Crippen molar-refractivity contribution in [3.8, 4) is 0 Å². The van der Waals surface area contributed by atoms with Crippen LogP contribution in [0.2, 0.25) is 0 Å². The number of alkyl halides is 6. The first-order valence-corrected chi connectivity index (χ1v) is 9.26. The van der Waals surface area contributed by atoms with Gasteiger partial charge in [0.1, 0.15) is 5.54 Å². The van der Waals surface area contributed by atoms with E-state index in [1.165, 1.54) is 24.0 Å². The van der Waals surface area contributed by atoms with Crippen LogP contribution in [0.3, 0.4) is 0 Å². The van der Waals surface area contributed by atoms with Gasteiger partial charge in [0.05, 0.1) is 11.1 Å². The monoisotopic (exact) mass is 444 g/mol. The highest BCUT2D eigenvalue weighted by Gasteiger charge is 2.47. The Morgan fingerprint density at radius 1 is 0.935 bits per heavy atom. The molecule has 0 saturated carbocycles. The lowest BCUT2D eigenvalue weighted by atomic mass is 9.96. The first-order chi connectivity index (χ1) is 14.3. The van der Waals surface area contributed by atoms with Crippen molar-refractivity contribution < 1.29 is 35.9 Å². The highest BCUT2D eigenvalue weighted by atomic mass is 19.4. The zero-order valence-corrected chi connectivity index (χ0v) is 16.3. The van der Waals surface area contributed by atoms with E-state index in [2.05, 4.69) is 5.32 Å². The lowest BCUT2D eigenvalue weighted by Crippen LogP contribution is -2.51. The minimum atomic E-state index is -4.51. The van der Waals surface area contributed by atoms with E-state index in [4.69, 9.17) is 0 Å². The molecule has 2 amide bonds. The number of halogens is 6. The summed E-state index contributed by atoms with van der Waals surface area (Å²) in [4.78, 5) is 26.5. The molecule has 1 saturated heterocycles. The van der Waals surface area contributed by atoms with Gasteiger partial charge in [-0.25, -0.2) is 0 Å². The summed E-state index contributed by atoms with van der Waals surface area (Å²) >= 11 is 0. The molecule has 0 bridgehead atoms. The molecule has 2 aromatic rings. The number of nitrogens with one attached hydrogen (secondary N) is 1. The lowest BCUT2D eigenvalue weighted by molar-refractivity contribution is -0.138. The molecule has 1 heterocycles. The maximum absolute atomic E-state index is 12.9. The quantitative estimate of drug-likeness (QED) is 0.656. The number of hydrogen-bond donors (Lipinski definition) is 1. The lowest BCUT2D eigenvalue weighted by Gasteiger charge is -2.34. The van der Waals surface area contributed by atoms with Gasteiger partial charge < -0.3 is 10.2 Å². The molecular weight excluding hydrogens is 426 g/mol. The first kappa shape index (κ1) is 22.6. The number of carbonyl (C=O) groups excluding carboxylic acids is 2. The predicted molar refractivity (Wildman–Crippen MR) is 99.7 cm³/mol. The minimum Gasteiger partial charge on any atom is -0.324 e. The van der Waals surface area contributed by atoms with Gasteiger partial charge in [0.15, 0.2) is 0 Å². The fraction of sp³-hybridized carbons (Fsp3) is 0.333. The highest BCUT2D eigenvalue weighted by Crippen LogP contribution is 2.35. The molecule has 1 aliphatic heterocycles. The van der Waals surface area contributed by atoms with Crippen molar-refractivity contribution in [1.82, 2.24) is 4.90 Å². The van der Waals surface area contributed by atoms with Crippen LogP contribution in [-0.2, 0) is 28.5 Å². The van der Waals surface area contributed by atoms with Gasteiger partial charge in [-0.2, -0.15) is 26.3 Å². The van der Waals surface area contributed by atoms with Crippen LogP contribution in [-0.4, -0.2) is 22.3 Å². The number of anilines is 1. The summed E-state index contributed by atoms with van der Waals surface area (Å²) in [6, 6.07) is 8.16. The summed E-state index contributed by atoms with van der Waals surface area (Å²) in [6.07, 6.45) is -8.76. The normalized spacial score (nSPS) is 19.6. The molecule has 10 heteroatoms. The van der Waals surface area contributed by atoms with Crippen molar-refractivity contribution >= 4 is 17.5 Å². The second-order valence-electron chi connectivity index (χ2n) is 7.48. The van der Waals surface area contributed by atoms with E-state index in [9.17, 15) is 35.9 Å². The predicted octanol–water partition coefficient (Wildman–Crippen LogP) is 5.24. The van der Waals surface area contributed by atoms with Crippen LogP contribution < -0.4 is 5.32 Å². The fourth-order valence-corrected chi connectivity index (χ4v) is 3.38. The Labute approximate surface area is 173 Å². The van der Waals surface area contributed by atoms with E-state index in [0.717, 1.165) is 36.4 Å². The number of benzene rings is 2. The van der Waals surface area contributed by atoms with Gasteiger partial charge in [-0.1, -0.05) is 12.1 Å². The van der Waals surface area contributed by atoms with Gasteiger partial charge in [0, 0.05) is 18.7 Å². The van der Waals surface area contributed by atoms with Crippen molar-refractivity contribution in [2.75, 3.05) is 5.32 Å². The Morgan fingerprint density at radius 3 is 1.90 bits per heavy atom. The van der Waals surface area contributed by atoms with Crippen molar-refractivity contribution in [1.29, 1.82) is 0 Å². The third-order valence-electron chi connectivity index (χ3n) is 5.30. The first-order valence-electron chi connectivity index (χ1n) is 9.26. The summed E-state index contributed by atoms with van der Waals surface area (Å²) < 4.78 is 76.3. The molecule has 0 spiro atoms. The average molecular weight is 444 g/mol. The van der Waals surface area contributed by atoms with E-state index in [0.29, 0.717) is 5.56 Å². The third kappa shape index (κ3) is 4.83. The molecular formula is C21H18F6N2O2. The van der Waals surface area contributed by atoms with Crippen LogP contribution in [0.25, 0.3) is 0 Å². The van der Waals surface area contributed by atoms with Crippen molar-refractivity contribution in [2.24, 2.45) is 0 Å². The van der Waals surface area contributed by atoms with E-state index in [1.54, 1.807) is 0 Å². The van der Waals surface area contributed by atoms with Crippen molar-refractivity contribution in [3.05, 3.63) is 65.2 Å². The Hall–Kier alpha value is -3.04. The van der Waals surface area contributed by atoms with Gasteiger partial charge in [-0.3, -0.25) is 9.59 Å². The van der Waals surface area contributed by atoms with Crippen molar-refractivity contribution in [3.63, 3.8) is 0 Å². The topological polar surface area (TPSA) is 49.4 Å². The summed E-state index contributed by atoms with van der Waals surface area (Å²) in [5.41, 5.74) is -2.45. The van der Waals surface area contributed by atoms with Crippen LogP contribution in [0.1, 0.15) is 36.5 Å². The molecule has 166 valence electrons. The smallest absolute Gasteiger partial charge is 0.324 e. The third-order valence-corrected chi connectivity index (χ3v) is 5.30. The van der Waals surface area contributed by atoms with Crippen LogP contribution in [0.5, 0.6) is 0 Å². The second kappa shape index (κ2) is 7.90. The molecule has 2 aromatic carbocycles. The highest BCUT2D eigenvalue weighted by molar-refractivity contribution is 6.02. The summed E-state index contributed by atoms with van der Waals surface area (Å²) in [5, 5.41) is 2.52. The molecule has 0 radical (unpaired) electrons. The van der Waals surface area contributed by atoms with Crippen LogP contribution in [0.15, 0.2) is 48.5 Å². The van der Waals surface area contributed by atoms with Crippen LogP contribution >= 0.6 is 0 Å². The standard InChI is InChI=1S/C21H18F6N2O2/c1-19(18(31)28-16-8-6-15(7-9-16)21(25,26)27)11-10-17(30)29(19)12-13-2-4-14(5-3-13)20(22,23)24/h2-9H,10-12H2,1H3,(H,28,31)/t19-/m0/s1. The maximum atomic E-state index is 12.9. The molecule has 31 heavy (non-hydrogen) atoms. The molecule has 1 N–H and O–H groups in total. The zero-order chi connectivity index (χ0) is 23.0. The molecule has 1 aliphatic rings. The SMILES string of the molecule is C[C@@]1(C(=O)Nc2ccc(C(F)(F)F)cc2)CCC(=O)N1Cc1ccc(C(F)(F)F)cc1. The van der Waals surface area contributed by atoms with Gasteiger partial charge in [0.2, 0.25) is 11.8 Å². The Bertz CT molecular complexity index is 967. The molecule has 0 aromatic heterocycles. The van der Waals surface area contributed by atoms with Crippen LogP contribution in [0, 0.1) is 0 Å². The number of rotatable bonds is 4. The Kier molecular flexibility index (Phi) is 5.77. The van der Waals surface area contributed by atoms with E-state index in [1.807, 2.05) is 0 Å². The molecule has 0 unspecified atom stereocenters. The van der Waals surface area contributed by atoms with E-state index < -0.39 is 34.9 Å². The number of likely N-dealkylation sites (tertiary alicyclic amines) is 1.